The molecule has 1 saturated carbocycles. The minimum absolute atomic E-state index is 0.294. The summed E-state index contributed by atoms with van der Waals surface area (Å²) >= 11 is 0. The molecular weight excluding hydrogens is 290 g/mol. The highest BCUT2D eigenvalue weighted by atomic mass is 32.2. The van der Waals surface area contributed by atoms with Gasteiger partial charge in [0.2, 0.25) is 10.0 Å². The zero-order chi connectivity index (χ0) is 14.9. The van der Waals surface area contributed by atoms with E-state index in [1.54, 1.807) is 0 Å². The number of rotatable bonds is 5. The minimum Gasteiger partial charge on any atom is -0.352 e. The fraction of sp³-hybridized carbons (Fsp3) is 0.417. The molecule has 20 heavy (non-hydrogen) atoms. The first-order valence-corrected chi connectivity index (χ1v) is 7.64. The maximum absolute atomic E-state index is 13.9. The molecule has 0 atom stereocenters. The van der Waals surface area contributed by atoms with Crippen LogP contribution in [0.15, 0.2) is 17.0 Å². The lowest BCUT2D eigenvalue weighted by Crippen LogP contribution is -2.28. The SMILES string of the molecule is NS(=O)(=O)c1ccc(F)c(C(=O)NCCC2CC2)c1F. The van der Waals surface area contributed by atoms with Crippen LogP contribution in [0.25, 0.3) is 0 Å². The Morgan fingerprint density at radius 3 is 2.55 bits per heavy atom. The number of amides is 1. The highest BCUT2D eigenvalue weighted by Gasteiger charge is 2.26. The predicted molar refractivity (Wildman–Crippen MR) is 67.4 cm³/mol. The summed E-state index contributed by atoms with van der Waals surface area (Å²) in [5, 5.41) is 7.18. The Balaban J connectivity index is 2.22. The van der Waals surface area contributed by atoms with E-state index in [0.29, 0.717) is 24.6 Å². The van der Waals surface area contributed by atoms with Crippen LogP contribution in [-0.4, -0.2) is 20.9 Å². The molecule has 1 fully saturated rings. The highest BCUT2D eigenvalue weighted by molar-refractivity contribution is 7.89. The normalized spacial score (nSPS) is 15.2. The number of halogens is 2. The zero-order valence-electron chi connectivity index (χ0n) is 10.5. The summed E-state index contributed by atoms with van der Waals surface area (Å²) < 4.78 is 49.7. The number of hydrogen-bond acceptors (Lipinski definition) is 3. The molecule has 0 radical (unpaired) electrons. The standard InChI is InChI=1S/C12H14F2N2O3S/c13-8-3-4-9(20(15,18)19)11(14)10(8)12(17)16-6-5-7-1-2-7/h3-4,7H,1-2,5-6H2,(H,16,17)(H2,15,18,19). The van der Waals surface area contributed by atoms with E-state index in [4.69, 9.17) is 5.14 Å². The third-order valence-electron chi connectivity index (χ3n) is 3.12. The molecule has 2 rings (SSSR count). The summed E-state index contributed by atoms with van der Waals surface area (Å²) in [5.74, 6) is -3.01. The van der Waals surface area contributed by atoms with Gasteiger partial charge in [-0.25, -0.2) is 22.3 Å². The number of hydrogen-bond donors (Lipinski definition) is 2. The molecule has 110 valence electrons. The Morgan fingerprint density at radius 1 is 1.35 bits per heavy atom. The van der Waals surface area contributed by atoms with E-state index in [9.17, 15) is 22.0 Å². The number of carbonyl (C=O) groups excluding carboxylic acids is 1. The molecular formula is C12H14F2N2O3S. The van der Waals surface area contributed by atoms with E-state index >= 15 is 0 Å². The summed E-state index contributed by atoms with van der Waals surface area (Å²) in [7, 11) is -4.35. The Hall–Kier alpha value is -1.54. The van der Waals surface area contributed by atoms with Crippen molar-refractivity contribution >= 4 is 15.9 Å². The van der Waals surface area contributed by atoms with Gasteiger partial charge in [0.1, 0.15) is 16.3 Å². The van der Waals surface area contributed by atoms with Crippen molar-refractivity contribution in [3.63, 3.8) is 0 Å². The topological polar surface area (TPSA) is 89.3 Å². The van der Waals surface area contributed by atoms with Crippen molar-refractivity contribution in [1.29, 1.82) is 0 Å². The molecule has 0 aliphatic heterocycles. The van der Waals surface area contributed by atoms with Crippen LogP contribution >= 0.6 is 0 Å². The predicted octanol–water partition coefficient (Wildman–Crippen LogP) is 1.14. The zero-order valence-corrected chi connectivity index (χ0v) is 11.3. The third kappa shape index (κ3) is 3.31. The van der Waals surface area contributed by atoms with Crippen molar-refractivity contribution in [2.75, 3.05) is 6.54 Å². The number of nitrogens with two attached hydrogens (primary N) is 1. The molecule has 0 heterocycles. The maximum Gasteiger partial charge on any atom is 0.257 e. The van der Waals surface area contributed by atoms with Gasteiger partial charge < -0.3 is 5.32 Å². The second-order valence-corrected chi connectivity index (χ2v) is 6.30. The van der Waals surface area contributed by atoms with Gasteiger partial charge in [0, 0.05) is 6.54 Å². The summed E-state index contributed by atoms with van der Waals surface area (Å²) in [6, 6.07) is 1.40. The van der Waals surface area contributed by atoms with E-state index in [2.05, 4.69) is 5.32 Å². The Bertz CT molecular complexity index is 642. The summed E-state index contributed by atoms with van der Waals surface area (Å²) in [6.07, 6.45) is 2.93. The lowest BCUT2D eigenvalue weighted by atomic mass is 10.1. The number of benzene rings is 1. The lowest BCUT2D eigenvalue weighted by Gasteiger charge is -2.09. The van der Waals surface area contributed by atoms with Crippen LogP contribution in [0.3, 0.4) is 0 Å². The van der Waals surface area contributed by atoms with Crippen LogP contribution < -0.4 is 10.5 Å². The molecule has 0 spiro atoms. The van der Waals surface area contributed by atoms with E-state index < -0.39 is 38.0 Å². The Kier molecular flexibility index (Phi) is 4.05. The average molecular weight is 304 g/mol. The van der Waals surface area contributed by atoms with Gasteiger partial charge in [0.15, 0.2) is 5.82 Å². The van der Waals surface area contributed by atoms with Gasteiger partial charge in [-0.05, 0) is 24.5 Å². The molecule has 0 saturated heterocycles. The van der Waals surface area contributed by atoms with E-state index in [-0.39, 0.29) is 0 Å². The van der Waals surface area contributed by atoms with Crippen LogP contribution in [0.4, 0.5) is 8.78 Å². The molecule has 1 aromatic carbocycles. The molecule has 1 amide bonds. The monoisotopic (exact) mass is 304 g/mol. The van der Waals surface area contributed by atoms with Crippen LogP contribution in [0.1, 0.15) is 29.6 Å². The van der Waals surface area contributed by atoms with Crippen molar-refractivity contribution in [2.24, 2.45) is 11.1 Å². The fourth-order valence-corrected chi connectivity index (χ4v) is 2.46. The van der Waals surface area contributed by atoms with Crippen molar-refractivity contribution in [1.82, 2.24) is 5.32 Å². The molecule has 0 aromatic heterocycles. The maximum atomic E-state index is 13.9. The Morgan fingerprint density at radius 2 is 2.00 bits per heavy atom. The van der Waals surface area contributed by atoms with Gasteiger partial charge in [-0.15, -0.1) is 0 Å². The third-order valence-corrected chi connectivity index (χ3v) is 4.05. The molecule has 0 unspecified atom stereocenters. The molecule has 1 aliphatic carbocycles. The first-order chi connectivity index (χ1) is 9.30. The van der Waals surface area contributed by atoms with Crippen LogP contribution in [-0.2, 0) is 10.0 Å². The van der Waals surface area contributed by atoms with Crippen molar-refractivity contribution in [2.45, 2.75) is 24.2 Å². The molecule has 3 N–H and O–H groups in total. The average Bonchev–Trinajstić information content (AvgIpc) is 3.11. The van der Waals surface area contributed by atoms with Crippen LogP contribution in [0.2, 0.25) is 0 Å². The Labute approximate surface area is 115 Å². The van der Waals surface area contributed by atoms with E-state index in [1.807, 2.05) is 0 Å². The molecule has 1 aliphatic rings. The van der Waals surface area contributed by atoms with E-state index in [1.165, 1.54) is 0 Å². The minimum atomic E-state index is -4.35. The quantitative estimate of drug-likeness (QED) is 0.855. The summed E-state index contributed by atoms with van der Waals surface area (Å²) in [4.78, 5) is 10.8. The van der Waals surface area contributed by atoms with Gasteiger partial charge in [-0.2, -0.15) is 0 Å². The van der Waals surface area contributed by atoms with Gasteiger partial charge in [-0.1, -0.05) is 12.8 Å². The number of sulfonamides is 1. The van der Waals surface area contributed by atoms with Crippen LogP contribution in [0, 0.1) is 17.6 Å². The van der Waals surface area contributed by atoms with Gasteiger partial charge in [-0.3, -0.25) is 4.79 Å². The number of carbonyl (C=O) groups is 1. The van der Waals surface area contributed by atoms with Gasteiger partial charge in [0.25, 0.3) is 5.91 Å². The molecule has 0 bridgehead atoms. The largest absolute Gasteiger partial charge is 0.352 e. The number of nitrogens with one attached hydrogen (secondary N) is 1. The van der Waals surface area contributed by atoms with Crippen molar-refractivity contribution in [3.05, 3.63) is 29.3 Å². The second-order valence-electron chi connectivity index (χ2n) is 4.77. The van der Waals surface area contributed by atoms with Crippen LogP contribution in [0.5, 0.6) is 0 Å². The molecule has 1 aromatic rings. The molecule has 8 heteroatoms. The number of primary sulfonamides is 1. The highest BCUT2D eigenvalue weighted by Crippen LogP contribution is 2.31. The van der Waals surface area contributed by atoms with Gasteiger partial charge in [0.05, 0.1) is 0 Å². The summed E-state index contributed by atoms with van der Waals surface area (Å²) in [6.45, 7) is 0.294. The van der Waals surface area contributed by atoms with E-state index in [0.717, 1.165) is 19.3 Å². The van der Waals surface area contributed by atoms with Crippen molar-refractivity contribution in [3.8, 4) is 0 Å². The first-order valence-electron chi connectivity index (χ1n) is 6.09. The smallest absolute Gasteiger partial charge is 0.257 e. The second kappa shape index (κ2) is 5.45. The van der Waals surface area contributed by atoms with Crippen molar-refractivity contribution < 1.29 is 22.0 Å². The fourth-order valence-electron chi connectivity index (χ4n) is 1.85. The molecule has 5 nitrogen and oxygen atoms in total. The lowest BCUT2D eigenvalue weighted by molar-refractivity contribution is 0.0943. The summed E-state index contributed by atoms with van der Waals surface area (Å²) in [5.41, 5.74) is -0.924. The first kappa shape index (κ1) is 14.9. The van der Waals surface area contributed by atoms with Gasteiger partial charge >= 0.3 is 0 Å².